The molecule has 0 heterocycles. The van der Waals surface area contributed by atoms with Crippen molar-refractivity contribution in [3.8, 4) is 0 Å². The van der Waals surface area contributed by atoms with Crippen LogP contribution in [0.15, 0.2) is 24.3 Å². The molecule has 13 heteroatoms. The number of ketones is 1. The maximum atomic E-state index is 12.4. The standard InChI is InChI=1S/C35H62NO11P/c1-2-3-4-5-6-7-8-9-10-11-12-13-14-17-20-23-34(40)44-29-32(30-46-48(42,43)45-28-27-36)47-35(41)24-21-18-15-16-19-22-31(37)25-26-33(38)39/h9-10,25-26,32H,2-8,11-24,27-30,36H2,1H3,(H,38,39)(H,42,43)/b10-9-,26-25+/t32-/m1/s1. The number of ether oxygens (including phenoxy) is 2. The Morgan fingerprint density at radius 3 is 1.77 bits per heavy atom. The zero-order chi connectivity index (χ0) is 35.7. The van der Waals surface area contributed by atoms with E-state index in [-0.39, 0.29) is 44.8 Å². The molecule has 0 aromatic heterocycles. The maximum absolute atomic E-state index is 12.4. The summed E-state index contributed by atoms with van der Waals surface area (Å²) in [6, 6.07) is 0. The average Bonchev–Trinajstić information content (AvgIpc) is 3.05. The SMILES string of the molecule is CCCCCCCC/C=C\CCCCCCCC(=O)OC[C@H](COP(=O)(O)OCCN)OC(=O)CCCCCCCC(=O)/C=C/C(=O)O. The summed E-state index contributed by atoms with van der Waals surface area (Å²) in [5.74, 6) is -2.43. The lowest BCUT2D eigenvalue weighted by Crippen LogP contribution is -2.29. The summed E-state index contributed by atoms with van der Waals surface area (Å²) in [7, 11) is -4.43. The predicted octanol–water partition coefficient (Wildman–Crippen LogP) is 7.51. The average molecular weight is 704 g/mol. The third-order valence-electron chi connectivity index (χ3n) is 7.38. The molecule has 0 spiro atoms. The smallest absolute Gasteiger partial charge is 0.472 e. The number of phosphoric ester groups is 1. The van der Waals surface area contributed by atoms with Gasteiger partial charge >= 0.3 is 25.7 Å². The Hall–Kier alpha value is -2.37. The van der Waals surface area contributed by atoms with Crippen molar-refractivity contribution < 1.29 is 52.3 Å². The molecule has 0 aromatic carbocycles. The molecule has 4 N–H and O–H groups in total. The number of allylic oxidation sites excluding steroid dienone is 3. The summed E-state index contributed by atoms with van der Waals surface area (Å²) < 4.78 is 32.3. The van der Waals surface area contributed by atoms with E-state index in [1.165, 1.54) is 38.5 Å². The van der Waals surface area contributed by atoms with E-state index in [1.54, 1.807) is 0 Å². The van der Waals surface area contributed by atoms with Crippen molar-refractivity contribution in [1.29, 1.82) is 0 Å². The summed E-state index contributed by atoms with van der Waals surface area (Å²) in [5.41, 5.74) is 5.29. The lowest BCUT2D eigenvalue weighted by molar-refractivity contribution is -0.161. The summed E-state index contributed by atoms with van der Waals surface area (Å²) in [6.45, 7) is 1.22. The van der Waals surface area contributed by atoms with Gasteiger partial charge in [-0.3, -0.25) is 23.4 Å². The molecule has 0 amide bonds. The minimum Gasteiger partial charge on any atom is -0.478 e. The van der Waals surface area contributed by atoms with Gasteiger partial charge in [-0.1, -0.05) is 89.7 Å². The number of hydrogen-bond acceptors (Lipinski definition) is 10. The largest absolute Gasteiger partial charge is 0.478 e. The lowest BCUT2D eigenvalue weighted by atomic mass is 10.1. The van der Waals surface area contributed by atoms with E-state index < -0.39 is 38.4 Å². The zero-order valence-corrected chi connectivity index (χ0v) is 30.1. The summed E-state index contributed by atoms with van der Waals surface area (Å²) >= 11 is 0. The van der Waals surface area contributed by atoms with Gasteiger partial charge in [0.05, 0.1) is 13.2 Å². The molecular weight excluding hydrogens is 641 g/mol. The monoisotopic (exact) mass is 703 g/mol. The molecule has 0 saturated carbocycles. The van der Waals surface area contributed by atoms with Gasteiger partial charge in [0.15, 0.2) is 11.9 Å². The minimum absolute atomic E-state index is 0.0123. The first-order chi connectivity index (χ1) is 23.1. The fraction of sp³-hybridized carbons (Fsp3) is 0.771. The molecule has 0 rings (SSSR count). The number of carboxylic acids is 1. The molecule has 12 nitrogen and oxygen atoms in total. The second-order valence-corrected chi connectivity index (χ2v) is 13.4. The first-order valence-electron chi connectivity index (χ1n) is 17.9. The number of carboxylic acid groups (broad SMARTS) is 1. The van der Waals surface area contributed by atoms with Crippen LogP contribution in [0.5, 0.6) is 0 Å². The quantitative estimate of drug-likeness (QED) is 0.0197. The summed E-state index contributed by atoms with van der Waals surface area (Å²) in [5, 5.41) is 8.55. The summed E-state index contributed by atoms with van der Waals surface area (Å²) in [4.78, 5) is 56.5. The van der Waals surface area contributed by atoms with Gasteiger partial charge in [-0.15, -0.1) is 0 Å². The Labute approximate surface area is 287 Å². The number of esters is 2. The van der Waals surface area contributed by atoms with Crippen LogP contribution in [-0.2, 0) is 42.3 Å². The fourth-order valence-corrected chi connectivity index (χ4v) is 5.45. The van der Waals surface area contributed by atoms with Crippen LogP contribution in [-0.4, -0.2) is 66.2 Å². The molecule has 48 heavy (non-hydrogen) atoms. The molecule has 1 unspecified atom stereocenters. The highest BCUT2D eigenvalue weighted by Crippen LogP contribution is 2.43. The number of unbranched alkanes of at least 4 members (excludes halogenated alkanes) is 15. The van der Waals surface area contributed by atoms with Gasteiger partial charge in [0, 0.05) is 31.9 Å². The number of carbonyl (C=O) groups excluding carboxylic acids is 3. The molecule has 0 aromatic rings. The molecule has 0 fully saturated rings. The van der Waals surface area contributed by atoms with Gasteiger partial charge in [0.25, 0.3) is 0 Å². The second kappa shape index (κ2) is 31.9. The Morgan fingerprint density at radius 2 is 1.21 bits per heavy atom. The van der Waals surface area contributed by atoms with Gasteiger partial charge < -0.3 is 25.2 Å². The number of hydrogen-bond donors (Lipinski definition) is 3. The number of carbonyl (C=O) groups is 4. The van der Waals surface area contributed by atoms with E-state index in [1.807, 2.05) is 0 Å². The lowest BCUT2D eigenvalue weighted by Gasteiger charge is -2.19. The number of nitrogens with two attached hydrogens (primary N) is 1. The number of aliphatic carboxylic acids is 1. The van der Waals surface area contributed by atoms with E-state index >= 15 is 0 Å². The molecule has 0 saturated heterocycles. The summed E-state index contributed by atoms with van der Waals surface area (Å²) in [6.07, 6.45) is 24.2. The van der Waals surface area contributed by atoms with Crippen LogP contribution in [0.25, 0.3) is 0 Å². The fourth-order valence-electron chi connectivity index (χ4n) is 4.69. The zero-order valence-electron chi connectivity index (χ0n) is 29.2. The van der Waals surface area contributed by atoms with Crippen LogP contribution >= 0.6 is 7.82 Å². The predicted molar refractivity (Wildman–Crippen MR) is 185 cm³/mol. The van der Waals surface area contributed by atoms with Crippen LogP contribution < -0.4 is 5.73 Å². The van der Waals surface area contributed by atoms with E-state index in [0.29, 0.717) is 25.7 Å². The Bertz CT molecular complexity index is 970. The van der Waals surface area contributed by atoms with Crippen LogP contribution in [0, 0.1) is 0 Å². The first kappa shape index (κ1) is 45.6. The van der Waals surface area contributed by atoms with Gasteiger partial charge in [-0.2, -0.15) is 0 Å². The molecule has 0 radical (unpaired) electrons. The highest BCUT2D eigenvalue weighted by molar-refractivity contribution is 7.47. The molecule has 0 aliphatic heterocycles. The van der Waals surface area contributed by atoms with Crippen LogP contribution in [0.2, 0.25) is 0 Å². The number of rotatable bonds is 34. The topological polar surface area (TPSA) is 189 Å². The van der Waals surface area contributed by atoms with Crippen molar-refractivity contribution in [2.24, 2.45) is 5.73 Å². The van der Waals surface area contributed by atoms with Gasteiger partial charge in [0.1, 0.15) is 6.61 Å². The third kappa shape index (κ3) is 32.2. The highest BCUT2D eigenvalue weighted by atomic mass is 31.2. The van der Waals surface area contributed by atoms with Gasteiger partial charge in [-0.25, -0.2) is 9.36 Å². The van der Waals surface area contributed by atoms with Crippen molar-refractivity contribution in [3.05, 3.63) is 24.3 Å². The Kier molecular flexibility index (Phi) is 30.3. The van der Waals surface area contributed by atoms with Gasteiger partial charge in [-0.05, 0) is 51.0 Å². The van der Waals surface area contributed by atoms with E-state index in [0.717, 1.165) is 63.5 Å². The number of phosphoric acid groups is 1. The second-order valence-electron chi connectivity index (χ2n) is 11.9. The first-order valence-corrected chi connectivity index (χ1v) is 19.3. The van der Waals surface area contributed by atoms with Crippen molar-refractivity contribution in [3.63, 3.8) is 0 Å². The van der Waals surface area contributed by atoms with E-state index in [2.05, 4.69) is 19.1 Å². The Balaban J connectivity index is 4.30. The van der Waals surface area contributed by atoms with Crippen molar-refractivity contribution in [2.75, 3.05) is 26.4 Å². The molecule has 0 aliphatic carbocycles. The van der Waals surface area contributed by atoms with Crippen molar-refractivity contribution >= 4 is 31.5 Å². The molecular formula is C35H62NO11P. The molecule has 0 bridgehead atoms. The van der Waals surface area contributed by atoms with Crippen LogP contribution in [0.3, 0.4) is 0 Å². The molecule has 0 aliphatic rings. The van der Waals surface area contributed by atoms with Crippen LogP contribution in [0.1, 0.15) is 142 Å². The highest BCUT2D eigenvalue weighted by Gasteiger charge is 2.26. The maximum Gasteiger partial charge on any atom is 0.472 e. The van der Waals surface area contributed by atoms with Crippen molar-refractivity contribution in [1.82, 2.24) is 0 Å². The minimum atomic E-state index is -4.43. The van der Waals surface area contributed by atoms with Crippen LogP contribution in [0.4, 0.5) is 0 Å². The normalized spacial score (nSPS) is 13.5. The molecule has 2 atom stereocenters. The van der Waals surface area contributed by atoms with Gasteiger partial charge in [0.2, 0.25) is 0 Å². The van der Waals surface area contributed by atoms with E-state index in [9.17, 15) is 28.6 Å². The van der Waals surface area contributed by atoms with Crippen molar-refractivity contribution in [2.45, 2.75) is 148 Å². The molecule has 278 valence electrons. The Morgan fingerprint density at radius 1 is 0.688 bits per heavy atom. The third-order valence-corrected chi connectivity index (χ3v) is 8.37. The van der Waals surface area contributed by atoms with E-state index in [4.69, 9.17) is 29.4 Å².